The first-order valence-corrected chi connectivity index (χ1v) is 9.05. The van der Waals surface area contributed by atoms with Crippen LogP contribution in [-0.4, -0.2) is 53.2 Å². The summed E-state index contributed by atoms with van der Waals surface area (Å²) in [4.78, 5) is 30.5. The van der Waals surface area contributed by atoms with Crippen molar-refractivity contribution in [3.05, 3.63) is 41.4 Å². The minimum absolute atomic E-state index is 0.0695. The molecule has 1 amide bonds. The highest BCUT2D eigenvalue weighted by atomic mass is 32.1. The zero-order chi connectivity index (χ0) is 17.4. The Bertz CT molecular complexity index is 806. The van der Waals surface area contributed by atoms with Crippen LogP contribution in [0.25, 0.3) is 10.6 Å². The van der Waals surface area contributed by atoms with Crippen molar-refractivity contribution >= 4 is 23.2 Å². The number of rotatable bonds is 4. The van der Waals surface area contributed by atoms with E-state index >= 15 is 0 Å². The highest BCUT2D eigenvalue weighted by Crippen LogP contribution is 2.41. The number of aromatic nitrogens is 1. The van der Waals surface area contributed by atoms with Crippen molar-refractivity contribution in [2.45, 2.75) is 6.42 Å². The predicted octanol–water partition coefficient (Wildman–Crippen LogP) is 1.91. The third kappa shape index (κ3) is 2.83. The Morgan fingerprint density at radius 1 is 1.36 bits per heavy atom. The molecule has 1 aromatic heterocycles. The molecule has 6 nitrogen and oxygen atoms in total. The molecule has 2 aliphatic rings. The van der Waals surface area contributed by atoms with Crippen molar-refractivity contribution in [1.29, 1.82) is 0 Å². The van der Waals surface area contributed by atoms with Crippen molar-refractivity contribution in [1.82, 2.24) is 9.88 Å². The SMILES string of the molecule is O=C(Cc1csc(-c2ccccc2)n1)N1C[C@@H]2COC[C@]2(C(=O)O)C1. The molecule has 1 aromatic carbocycles. The fraction of sp³-hybridized carbons (Fsp3) is 0.389. The van der Waals surface area contributed by atoms with Gasteiger partial charge in [-0.25, -0.2) is 4.98 Å². The summed E-state index contributed by atoms with van der Waals surface area (Å²) in [6.45, 7) is 1.26. The molecular formula is C18H18N2O4S. The van der Waals surface area contributed by atoms with Gasteiger partial charge in [0, 0.05) is 30.0 Å². The van der Waals surface area contributed by atoms with Crippen molar-refractivity contribution in [3.63, 3.8) is 0 Å². The first kappa shape index (κ1) is 16.2. The van der Waals surface area contributed by atoms with Gasteiger partial charge in [-0.2, -0.15) is 0 Å². The number of carbonyl (C=O) groups excluding carboxylic acids is 1. The average Bonchev–Trinajstić information content (AvgIpc) is 3.29. The molecule has 0 spiro atoms. The third-order valence-electron chi connectivity index (χ3n) is 5.06. The smallest absolute Gasteiger partial charge is 0.314 e. The molecule has 3 heterocycles. The van der Waals surface area contributed by atoms with Crippen molar-refractivity contribution in [2.75, 3.05) is 26.3 Å². The van der Waals surface area contributed by atoms with Crippen molar-refractivity contribution in [3.8, 4) is 10.6 Å². The Balaban J connectivity index is 1.45. The van der Waals surface area contributed by atoms with Crippen LogP contribution < -0.4 is 0 Å². The first-order chi connectivity index (χ1) is 12.1. The van der Waals surface area contributed by atoms with E-state index in [2.05, 4.69) is 4.98 Å². The minimum atomic E-state index is -0.938. The molecule has 7 heteroatoms. The van der Waals surface area contributed by atoms with Crippen LogP contribution in [0.4, 0.5) is 0 Å². The van der Waals surface area contributed by atoms with Gasteiger partial charge in [-0.05, 0) is 0 Å². The summed E-state index contributed by atoms with van der Waals surface area (Å²) in [6.07, 6.45) is 0.201. The van der Waals surface area contributed by atoms with E-state index in [0.29, 0.717) is 13.2 Å². The molecule has 4 rings (SSSR count). The third-order valence-corrected chi connectivity index (χ3v) is 6.00. The average molecular weight is 358 g/mol. The number of amides is 1. The van der Waals surface area contributed by atoms with Crippen LogP contribution in [0.15, 0.2) is 35.7 Å². The number of carbonyl (C=O) groups is 2. The molecule has 0 saturated carbocycles. The van der Waals surface area contributed by atoms with Crippen molar-refractivity contribution in [2.24, 2.45) is 11.3 Å². The highest BCUT2D eigenvalue weighted by molar-refractivity contribution is 7.13. The second kappa shape index (κ2) is 6.24. The van der Waals surface area contributed by atoms with Crippen LogP contribution >= 0.6 is 11.3 Å². The number of likely N-dealkylation sites (tertiary alicyclic amines) is 1. The van der Waals surface area contributed by atoms with Crippen molar-refractivity contribution < 1.29 is 19.4 Å². The lowest BCUT2D eigenvalue weighted by Gasteiger charge is -2.21. The molecule has 130 valence electrons. The second-order valence-electron chi connectivity index (χ2n) is 6.63. The lowest BCUT2D eigenvalue weighted by molar-refractivity contribution is -0.149. The minimum Gasteiger partial charge on any atom is -0.481 e. The molecular weight excluding hydrogens is 340 g/mol. The lowest BCUT2D eigenvalue weighted by atomic mass is 9.81. The van der Waals surface area contributed by atoms with Crippen LogP contribution in [0.3, 0.4) is 0 Å². The van der Waals surface area contributed by atoms with Gasteiger partial charge >= 0.3 is 5.97 Å². The fourth-order valence-corrected chi connectivity index (χ4v) is 4.42. The summed E-state index contributed by atoms with van der Waals surface area (Å²) in [5.74, 6) is -1.06. The molecule has 2 fully saturated rings. The summed E-state index contributed by atoms with van der Waals surface area (Å²) in [7, 11) is 0. The van der Waals surface area contributed by atoms with Crippen LogP contribution in [-0.2, 0) is 20.7 Å². The Hall–Kier alpha value is -2.25. The number of thiazole rings is 1. The maximum Gasteiger partial charge on any atom is 0.314 e. The van der Waals surface area contributed by atoms with E-state index in [1.807, 2.05) is 35.7 Å². The van der Waals surface area contributed by atoms with Gasteiger partial charge in [0.05, 0.1) is 25.3 Å². The molecule has 2 atom stereocenters. The number of hydrogen-bond donors (Lipinski definition) is 1. The second-order valence-corrected chi connectivity index (χ2v) is 7.49. The van der Waals surface area contributed by atoms with E-state index in [4.69, 9.17) is 4.74 Å². The largest absolute Gasteiger partial charge is 0.481 e. The normalized spacial score (nSPS) is 25.1. The number of fused-ring (bicyclic) bond motifs is 1. The fourth-order valence-electron chi connectivity index (χ4n) is 3.60. The lowest BCUT2D eigenvalue weighted by Crippen LogP contribution is -2.40. The summed E-state index contributed by atoms with van der Waals surface area (Å²) < 4.78 is 5.35. The maximum atomic E-state index is 12.6. The van der Waals surface area contributed by atoms with Crippen LogP contribution in [0.1, 0.15) is 5.69 Å². The van der Waals surface area contributed by atoms with Gasteiger partial charge in [-0.3, -0.25) is 9.59 Å². The summed E-state index contributed by atoms with van der Waals surface area (Å²) in [5.41, 5.74) is 0.822. The topological polar surface area (TPSA) is 79.7 Å². The van der Waals surface area contributed by atoms with Gasteiger partial charge in [0.2, 0.25) is 5.91 Å². The number of aliphatic carboxylic acids is 1. The molecule has 2 saturated heterocycles. The Kier molecular flexibility index (Phi) is 4.05. The number of carboxylic acids is 1. The van der Waals surface area contributed by atoms with Gasteiger partial charge in [0.15, 0.2) is 0 Å². The Morgan fingerprint density at radius 3 is 2.88 bits per heavy atom. The monoisotopic (exact) mass is 358 g/mol. The predicted molar refractivity (Wildman–Crippen MR) is 92.2 cm³/mol. The molecule has 25 heavy (non-hydrogen) atoms. The summed E-state index contributed by atoms with van der Waals surface area (Å²) in [6, 6.07) is 9.84. The molecule has 0 bridgehead atoms. The molecule has 0 aliphatic carbocycles. The standard InChI is InChI=1S/C18H18N2O4S/c21-15(20-7-13-8-24-11-18(13,10-20)17(22)23)6-14-9-25-16(19-14)12-4-2-1-3-5-12/h1-5,9,13H,6-8,10-11H2,(H,22,23)/t13-,18-/m1/s1. The van der Waals surface area contributed by atoms with E-state index in [1.54, 1.807) is 4.90 Å². The van der Waals surface area contributed by atoms with E-state index in [-0.39, 0.29) is 31.4 Å². The Labute approximate surface area is 149 Å². The zero-order valence-corrected chi connectivity index (χ0v) is 14.4. The van der Waals surface area contributed by atoms with Crippen LogP contribution in [0, 0.1) is 11.3 Å². The number of benzene rings is 1. The first-order valence-electron chi connectivity index (χ1n) is 8.17. The summed E-state index contributed by atoms with van der Waals surface area (Å²) >= 11 is 1.51. The Morgan fingerprint density at radius 2 is 2.16 bits per heavy atom. The van der Waals surface area contributed by atoms with Gasteiger partial charge in [-0.1, -0.05) is 30.3 Å². The van der Waals surface area contributed by atoms with E-state index < -0.39 is 11.4 Å². The van der Waals surface area contributed by atoms with Crippen LogP contribution in [0.2, 0.25) is 0 Å². The summed E-state index contributed by atoms with van der Waals surface area (Å²) in [5, 5.41) is 12.3. The molecule has 0 unspecified atom stereocenters. The van der Waals surface area contributed by atoms with E-state index in [9.17, 15) is 14.7 Å². The number of ether oxygens (including phenoxy) is 1. The zero-order valence-electron chi connectivity index (χ0n) is 13.6. The molecule has 2 aromatic rings. The van der Waals surface area contributed by atoms with E-state index in [0.717, 1.165) is 16.3 Å². The number of nitrogens with zero attached hydrogens (tertiary/aromatic N) is 2. The molecule has 0 radical (unpaired) electrons. The van der Waals surface area contributed by atoms with Gasteiger partial charge in [0.25, 0.3) is 0 Å². The van der Waals surface area contributed by atoms with Gasteiger partial charge in [0.1, 0.15) is 10.4 Å². The van der Waals surface area contributed by atoms with Crippen LogP contribution in [0.5, 0.6) is 0 Å². The highest BCUT2D eigenvalue weighted by Gasteiger charge is 2.57. The maximum absolute atomic E-state index is 12.6. The number of hydrogen-bond acceptors (Lipinski definition) is 5. The van der Waals surface area contributed by atoms with Gasteiger partial charge < -0.3 is 14.7 Å². The molecule has 1 N–H and O–H groups in total. The number of carboxylic acid groups (broad SMARTS) is 1. The molecule has 2 aliphatic heterocycles. The quantitative estimate of drug-likeness (QED) is 0.903. The van der Waals surface area contributed by atoms with E-state index in [1.165, 1.54) is 11.3 Å². The van der Waals surface area contributed by atoms with Gasteiger partial charge in [-0.15, -0.1) is 11.3 Å².